The quantitative estimate of drug-likeness (QED) is 0.0735. The molecule has 564 valence electrons. The van der Waals surface area contributed by atoms with Gasteiger partial charge in [-0.3, -0.25) is 4.79 Å². The molecule has 0 radical (unpaired) electrons. The number of sulfone groups is 1. The number of nitrogens with zero attached hydrogens (tertiary/aromatic N) is 4. The van der Waals surface area contributed by atoms with E-state index in [-0.39, 0.29) is 35.0 Å². The molecule has 0 atom stereocenters. The maximum atomic E-state index is 13.2. The summed E-state index contributed by atoms with van der Waals surface area (Å²) in [5.74, 6) is -1.14. The minimum atomic E-state index is -4.34. The lowest BCUT2D eigenvalue weighted by Gasteiger charge is -2.31. The first-order valence-electron chi connectivity index (χ1n) is 33.3. The maximum absolute atomic E-state index is 13.2. The van der Waals surface area contributed by atoms with Crippen molar-refractivity contribution in [2.45, 2.75) is 266 Å². The summed E-state index contributed by atoms with van der Waals surface area (Å²) in [6, 6.07) is 20.1. The minimum Gasteiger partial charge on any atom is -0.338 e. The lowest BCUT2D eigenvalue weighted by Crippen LogP contribution is -2.42. The fourth-order valence-corrected chi connectivity index (χ4v) is 8.12. The van der Waals surface area contributed by atoms with Gasteiger partial charge in [0.25, 0.3) is 0 Å². The Bertz CT molecular complexity index is 2990. The third-order valence-electron chi connectivity index (χ3n) is 13.4. The molecular formula is C76H118BrClF12N4O3S. The minimum absolute atomic E-state index is 0.113. The highest BCUT2D eigenvalue weighted by molar-refractivity contribution is 9.10. The Hall–Kier alpha value is -4.86. The van der Waals surface area contributed by atoms with Gasteiger partial charge in [-0.25, -0.2) is 49.4 Å². The van der Waals surface area contributed by atoms with E-state index in [1.165, 1.54) is 38.3 Å². The van der Waals surface area contributed by atoms with E-state index in [0.29, 0.717) is 76.3 Å². The van der Waals surface area contributed by atoms with Crippen LogP contribution >= 0.6 is 27.5 Å². The number of halogens is 14. The van der Waals surface area contributed by atoms with Crippen molar-refractivity contribution in [3.05, 3.63) is 145 Å². The molecule has 0 N–H and O–H groups in total. The van der Waals surface area contributed by atoms with Crippen LogP contribution in [0.5, 0.6) is 0 Å². The van der Waals surface area contributed by atoms with Gasteiger partial charge < -0.3 is 4.90 Å². The predicted octanol–water partition coefficient (Wildman–Crippen LogP) is 26.5. The average molecular weight is 1510 g/mol. The molecule has 0 aliphatic carbocycles. The number of hydrogen-bond donors (Lipinski definition) is 0. The van der Waals surface area contributed by atoms with Gasteiger partial charge in [-0.15, -0.1) is 0 Å². The van der Waals surface area contributed by atoms with Gasteiger partial charge in [0.15, 0.2) is 5.69 Å². The lowest BCUT2D eigenvalue weighted by molar-refractivity contribution is -0.141. The summed E-state index contributed by atoms with van der Waals surface area (Å²) in [7, 11) is -2.74. The van der Waals surface area contributed by atoms with Crippen molar-refractivity contribution in [3.63, 3.8) is 0 Å². The van der Waals surface area contributed by atoms with Gasteiger partial charge in [-0.1, -0.05) is 201 Å². The first-order chi connectivity index (χ1) is 44.2. The molecule has 4 aromatic rings. The van der Waals surface area contributed by atoms with Gasteiger partial charge in [0, 0.05) is 52.8 Å². The Balaban J connectivity index is -0.000000334. The van der Waals surface area contributed by atoms with E-state index >= 15 is 0 Å². The van der Waals surface area contributed by atoms with E-state index < -0.39 is 64.8 Å². The number of alkyl halides is 10. The second kappa shape index (κ2) is 50.5. The molecule has 0 aliphatic heterocycles. The zero-order valence-corrected chi connectivity index (χ0v) is 66.4. The molecule has 1 amide bonds. The molecule has 0 fully saturated rings. The molecule has 0 saturated carbocycles. The van der Waals surface area contributed by atoms with Crippen LogP contribution in [0.15, 0.2) is 77.3 Å². The Morgan fingerprint density at radius 2 is 1.06 bits per heavy atom. The summed E-state index contributed by atoms with van der Waals surface area (Å²) in [6.45, 7) is 63.8. The van der Waals surface area contributed by atoms with Crippen molar-refractivity contribution in [2.24, 2.45) is 52.8 Å². The van der Waals surface area contributed by atoms with Gasteiger partial charge in [0.05, 0.1) is 18.4 Å². The summed E-state index contributed by atoms with van der Waals surface area (Å²) >= 11 is 9.09. The molecule has 1 heterocycles. The number of aromatic nitrogens is 1. The molecule has 0 bridgehead atoms. The van der Waals surface area contributed by atoms with Gasteiger partial charge in [0.2, 0.25) is 11.6 Å². The maximum Gasteiger partial charge on any atom is 0.433 e. The smallest absolute Gasteiger partial charge is 0.338 e. The summed E-state index contributed by atoms with van der Waals surface area (Å²) in [4.78, 5) is 23.8. The number of amides is 1. The molecular weight excluding hydrogens is 1390 g/mol. The molecule has 0 spiro atoms. The van der Waals surface area contributed by atoms with Crippen molar-refractivity contribution in [1.29, 1.82) is 0 Å². The van der Waals surface area contributed by atoms with Gasteiger partial charge in [-0.05, 0) is 174 Å². The largest absolute Gasteiger partial charge is 0.433 e. The van der Waals surface area contributed by atoms with Crippen LogP contribution in [0.3, 0.4) is 0 Å². The zero-order valence-electron chi connectivity index (χ0n) is 63.2. The molecule has 1 aromatic heterocycles. The van der Waals surface area contributed by atoms with E-state index in [1.807, 2.05) is 43.0 Å². The van der Waals surface area contributed by atoms with Gasteiger partial charge in [-0.2, -0.15) is 26.3 Å². The average Bonchev–Trinajstić information content (AvgIpc) is 0.885. The highest BCUT2D eigenvalue weighted by atomic mass is 79.9. The number of hydrogen-bond acceptors (Lipinski definition) is 4. The SMILES string of the molecule is CC(C)C(C)(C)C.CC(C)CC(=O)N(C(C)C)C(C)C.CC(C)CC(F)(F)C(F)F.CC(C)CCC(F)(F)F.CC(C)Cc1ccc(Br)cc1F.CC(C)Cc1cccc(C(F)(F)F)n1.CC(C)S(C)(=O)=O.[C-]#[N+]c1cc(CC(C)C)ccc1F.[C-]#[N+]c1cc(Cl)cc(CC(C)C)c1. The van der Waals surface area contributed by atoms with E-state index in [1.54, 1.807) is 52.0 Å². The zero-order chi connectivity index (χ0) is 78.2. The lowest BCUT2D eigenvalue weighted by atomic mass is 9.84. The van der Waals surface area contributed by atoms with Crippen molar-refractivity contribution < 1.29 is 65.9 Å². The normalized spacial score (nSPS) is 11.6. The molecule has 4 rings (SSSR count). The molecule has 0 saturated heterocycles. The molecule has 0 aliphatic rings. The van der Waals surface area contributed by atoms with Crippen LogP contribution in [-0.4, -0.2) is 66.3 Å². The second-order valence-corrected chi connectivity index (χ2v) is 33.1. The number of carbonyl (C=O) groups excluding carboxylic acids is 1. The highest BCUT2D eigenvalue weighted by Gasteiger charge is 2.40. The van der Waals surface area contributed by atoms with Crippen LogP contribution in [0.1, 0.15) is 227 Å². The standard InChI is InChI=1S/C11H12ClN.C11H12FN.C11H23NO.C10H12BrF.C10H12F3N.C7H16.C6H10F4.C6H11F3.C4H10O2S/c1-8(2)4-9-5-10(12)7-11(6-9)13-3;1-8(2)6-9-4-5-10(12)11(7-9)13-3;1-8(2)7-11(13)12(9(3)4)10(5)6;1-7(2)5-8-3-4-9(11)6-10(8)12;1-7(2)6-8-4-3-5-9(14-8)10(11,12)13;1-6(2)7(3,4)5;1-4(2)3-6(9,10)5(7)8;1-5(2)3-4-6(7,8)9;1-4(2)7(3,5)6/h5-8H,4H2,1-2H3;4-5,7-8H,6H2,1-2H3;8-10H,7H2,1-6H3;3-4,6-7H,5H2,1-2H3;3-5,7H,6H2,1-2H3;6H,1-5H3;4-5H,3H2,1-2H3;5H,3-4H2,1-2H3;4H,1-3H3. The van der Waals surface area contributed by atoms with Crippen molar-refractivity contribution in [3.8, 4) is 0 Å². The summed E-state index contributed by atoms with van der Waals surface area (Å²) in [6.07, 6.45) is -7.85. The fourth-order valence-electron chi connectivity index (χ4n) is 7.54. The molecule has 0 unspecified atom stereocenters. The molecule has 3 aromatic carbocycles. The van der Waals surface area contributed by atoms with Crippen LogP contribution in [-0.2, 0) is 46.5 Å². The Morgan fingerprint density at radius 3 is 1.39 bits per heavy atom. The van der Waals surface area contributed by atoms with Crippen molar-refractivity contribution in [1.82, 2.24) is 9.88 Å². The first kappa shape index (κ1) is 102. The van der Waals surface area contributed by atoms with Crippen LogP contribution in [0.2, 0.25) is 5.02 Å². The van der Waals surface area contributed by atoms with Crippen LogP contribution in [0.25, 0.3) is 9.69 Å². The van der Waals surface area contributed by atoms with E-state index in [0.717, 1.165) is 52.4 Å². The third kappa shape index (κ3) is 56.8. The molecule has 22 heteroatoms. The third-order valence-corrected chi connectivity index (χ3v) is 15.8. The van der Waals surface area contributed by atoms with Crippen LogP contribution < -0.4 is 0 Å². The van der Waals surface area contributed by atoms with Gasteiger partial charge in [0.1, 0.15) is 27.2 Å². The number of benzene rings is 3. The van der Waals surface area contributed by atoms with Crippen molar-refractivity contribution in [2.75, 3.05) is 6.26 Å². The van der Waals surface area contributed by atoms with E-state index in [2.05, 4.69) is 148 Å². The summed E-state index contributed by atoms with van der Waals surface area (Å²) < 4.78 is 165. The fraction of sp³-hybridized carbons (Fsp3) is 0.658. The monoisotopic (exact) mass is 1510 g/mol. The van der Waals surface area contributed by atoms with E-state index in [4.69, 9.17) is 24.7 Å². The van der Waals surface area contributed by atoms with Crippen LogP contribution in [0.4, 0.5) is 64.1 Å². The van der Waals surface area contributed by atoms with E-state index in [9.17, 15) is 65.9 Å². The number of carbonyl (C=O) groups is 1. The second-order valence-electron chi connectivity index (χ2n) is 29.2. The Kier molecular flexibility index (Phi) is 52.4. The van der Waals surface area contributed by atoms with Gasteiger partial charge >= 0.3 is 24.7 Å². The predicted molar refractivity (Wildman–Crippen MR) is 389 cm³/mol. The molecule has 7 nitrogen and oxygen atoms in total. The number of rotatable bonds is 18. The Labute approximate surface area is 597 Å². The van der Waals surface area contributed by atoms with Crippen molar-refractivity contribution >= 4 is 54.7 Å². The highest BCUT2D eigenvalue weighted by Crippen LogP contribution is 2.31. The topological polar surface area (TPSA) is 76.1 Å². The summed E-state index contributed by atoms with van der Waals surface area (Å²) in [5.41, 5.74) is 3.91. The molecule has 98 heavy (non-hydrogen) atoms. The summed E-state index contributed by atoms with van der Waals surface area (Å²) in [5, 5.41) is 0.427. The number of pyridine rings is 1. The first-order valence-corrected chi connectivity index (χ1v) is 36.4. The Morgan fingerprint density at radius 1 is 0.592 bits per heavy atom. The van der Waals surface area contributed by atoms with Crippen LogP contribution in [0, 0.1) is 77.5 Å².